The van der Waals surface area contributed by atoms with Crippen LogP contribution in [0.15, 0.2) is 30.3 Å². The summed E-state index contributed by atoms with van der Waals surface area (Å²) in [6.07, 6.45) is 6.68. The molecule has 0 bridgehead atoms. The fraction of sp³-hybridized carbons (Fsp3) is 0.562. The summed E-state index contributed by atoms with van der Waals surface area (Å²) in [6.45, 7) is 0.803. The second kappa shape index (κ2) is 7.29. The Morgan fingerprint density at radius 2 is 1.95 bits per heavy atom. The first-order chi connectivity index (χ1) is 9.25. The highest BCUT2D eigenvalue weighted by Crippen LogP contribution is 2.23. The van der Waals surface area contributed by atoms with Gasteiger partial charge in [0.25, 0.3) is 0 Å². The summed E-state index contributed by atoms with van der Waals surface area (Å²) in [7, 11) is 0. The number of nitrogens with one attached hydrogen (secondary N) is 1. The second-order valence-electron chi connectivity index (χ2n) is 5.53. The topological polar surface area (TPSA) is 55.1 Å². The van der Waals surface area contributed by atoms with Crippen molar-refractivity contribution in [2.24, 2.45) is 11.7 Å². The predicted octanol–water partition coefficient (Wildman–Crippen LogP) is 2.25. The number of carbonyl (C=O) groups excluding carboxylic acids is 1. The van der Waals surface area contributed by atoms with Crippen LogP contribution in [0.2, 0.25) is 0 Å². The molecular formula is C16H24N2O. The Morgan fingerprint density at radius 3 is 2.63 bits per heavy atom. The molecule has 0 saturated heterocycles. The van der Waals surface area contributed by atoms with Crippen LogP contribution in [0, 0.1) is 5.92 Å². The summed E-state index contributed by atoms with van der Waals surface area (Å²) in [5.41, 5.74) is 7.18. The molecule has 3 heteroatoms. The van der Waals surface area contributed by atoms with Gasteiger partial charge in [-0.05, 0) is 37.2 Å². The van der Waals surface area contributed by atoms with Crippen molar-refractivity contribution in [1.82, 2.24) is 5.32 Å². The highest BCUT2D eigenvalue weighted by Gasteiger charge is 2.18. The second-order valence-corrected chi connectivity index (χ2v) is 5.53. The van der Waals surface area contributed by atoms with Gasteiger partial charge in [-0.3, -0.25) is 4.79 Å². The van der Waals surface area contributed by atoms with Gasteiger partial charge in [0.05, 0.1) is 6.04 Å². The number of amides is 1. The summed E-state index contributed by atoms with van der Waals surface area (Å²) < 4.78 is 0. The first-order valence-electron chi connectivity index (χ1n) is 7.33. The quantitative estimate of drug-likeness (QED) is 0.824. The lowest BCUT2D eigenvalue weighted by Gasteiger charge is -2.15. The molecule has 3 N–H and O–H groups in total. The summed E-state index contributed by atoms with van der Waals surface area (Å²) in [4.78, 5) is 11.9. The third-order valence-corrected chi connectivity index (χ3v) is 3.96. The van der Waals surface area contributed by atoms with Crippen molar-refractivity contribution < 1.29 is 4.79 Å². The zero-order chi connectivity index (χ0) is 13.5. The minimum absolute atomic E-state index is 0.00262. The normalized spacial score (nSPS) is 17.3. The molecule has 0 radical (unpaired) electrons. The molecule has 0 aliphatic heterocycles. The number of hydrogen-bond donors (Lipinski definition) is 2. The minimum atomic E-state index is -0.387. The van der Waals surface area contributed by atoms with E-state index in [1.165, 1.54) is 31.2 Å². The van der Waals surface area contributed by atoms with Crippen LogP contribution in [-0.4, -0.2) is 18.5 Å². The lowest BCUT2D eigenvalue weighted by atomic mass is 10.0. The molecule has 0 spiro atoms. The molecular weight excluding hydrogens is 236 g/mol. The fourth-order valence-electron chi connectivity index (χ4n) is 2.69. The summed E-state index contributed by atoms with van der Waals surface area (Å²) in [5.74, 6) is 0.674. The van der Waals surface area contributed by atoms with Crippen molar-refractivity contribution in [2.45, 2.75) is 44.6 Å². The van der Waals surface area contributed by atoms with Gasteiger partial charge in [0.1, 0.15) is 0 Å². The van der Waals surface area contributed by atoms with Crippen molar-refractivity contribution in [3.8, 4) is 0 Å². The standard InChI is InChI=1S/C16H24N2O/c17-15(11-10-13-6-2-1-3-7-13)16(19)18-12-14-8-4-5-9-14/h1-3,6-7,14-15H,4-5,8-12,17H2,(H,18,19). The summed E-state index contributed by atoms with van der Waals surface area (Å²) >= 11 is 0. The molecule has 1 fully saturated rings. The van der Waals surface area contributed by atoms with Gasteiger partial charge in [-0.15, -0.1) is 0 Å². The van der Waals surface area contributed by atoms with Crippen LogP contribution in [0.5, 0.6) is 0 Å². The molecule has 1 aromatic carbocycles. The molecule has 0 aromatic heterocycles. The first kappa shape index (κ1) is 14.1. The van der Waals surface area contributed by atoms with Crippen molar-refractivity contribution in [1.29, 1.82) is 0 Å². The van der Waals surface area contributed by atoms with Crippen LogP contribution < -0.4 is 11.1 Å². The molecule has 19 heavy (non-hydrogen) atoms. The number of aryl methyl sites for hydroxylation is 1. The van der Waals surface area contributed by atoms with Crippen LogP contribution >= 0.6 is 0 Å². The molecule has 1 saturated carbocycles. The van der Waals surface area contributed by atoms with E-state index in [0.29, 0.717) is 12.3 Å². The van der Waals surface area contributed by atoms with Gasteiger partial charge in [-0.25, -0.2) is 0 Å². The lowest BCUT2D eigenvalue weighted by Crippen LogP contribution is -2.42. The predicted molar refractivity (Wildman–Crippen MR) is 77.7 cm³/mol. The Labute approximate surface area is 115 Å². The van der Waals surface area contributed by atoms with E-state index in [4.69, 9.17) is 5.73 Å². The van der Waals surface area contributed by atoms with E-state index in [-0.39, 0.29) is 11.9 Å². The van der Waals surface area contributed by atoms with E-state index in [0.717, 1.165) is 13.0 Å². The van der Waals surface area contributed by atoms with Gasteiger partial charge >= 0.3 is 0 Å². The zero-order valence-corrected chi connectivity index (χ0v) is 11.5. The SMILES string of the molecule is NC(CCc1ccccc1)C(=O)NCC1CCCC1. The average molecular weight is 260 g/mol. The van der Waals surface area contributed by atoms with Crippen LogP contribution in [0.3, 0.4) is 0 Å². The van der Waals surface area contributed by atoms with E-state index < -0.39 is 0 Å². The van der Waals surface area contributed by atoms with Crippen molar-refractivity contribution in [2.75, 3.05) is 6.54 Å². The van der Waals surface area contributed by atoms with Crippen LogP contribution in [-0.2, 0) is 11.2 Å². The van der Waals surface area contributed by atoms with Crippen LogP contribution in [0.1, 0.15) is 37.7 Å². The van der Waals surface area contributed by atoms with Crippen molar-refractivity contribution in [3.63, 3.8) is 0 Å². The van der Waals surface area contributed by atoms with Gasteiger partial charge in [-0.2, -0.15) is 0 Å². The summed E-state index contributed by atoms with van der Waals surface area (Å²) in [6, 6.07) is 9.79. The maximum absolute atomic E-state index is 11.9. The third-order valence-electron chi connectivity index (χ3n) is 3.96. The molecule has 0 heterocycles. The maximum atomic E-state index is 11.9. The molecule has 1 aromatic rings. The van der Waals surface area contributed by atoms with Gasteiger partial charge in [0.15, 0.2) is 0 Å². The van der Waals surface area contributed by atoms with E-state index in [2.05, 4.69) is 17.4 Å². The number of benzene rings is 1. The molecule has 1 aliphatic rings. The Morgan fingerprint density at radius 1 is 1.26 bits per heavy atom. The molecule has 1 unspecified atom stereocenters. The van der Waals surface area contributed by atoms with E-state index in [1.54, 1.807) is 0 Å². The minimum Gasteiger partial charge on any atom is -0.354 e. The number of nitrogens with two attached hydrogens (primary N) is 1. The van der Waals surface area contributed by atoms with Gasteiger partial charge in [0, 0.05) is 6.54 Å². The summed E-state index contributed by atoms with van der Waals surface area (Å²) in [5, 5.41) is 3.00. The van der Waals surface area contributed by atoms with Crippen LogP contribution in [0.25, 0.3) is 0 Å². The Hall–Kier alpha value is -1.35. The van der Waals surface area contributed by atoms with Crippen molar-refractivity contribution in [3.05, 3.63) is 35.9 Å². The molecule has 3 nitrogen and oxygen atoms in total. The average Bonchev–Trinajstić information content (AvgIpc) is 2.96. The number of hydrogen-bond acceptors (Lipinski definition) is 2. The lowest BCUT2D eigenvalue weighted by molar-refractivity contribution is -0.122. The molecule has 1 atom stereocenters. The maximum Gasteiger partial charge on any atom is 0.236 e. The van der Waals surface area contributed by atoms with E-state index in [1.807, 2.05) is 18.2 Å². The molecule has 1 amide bonds. The number of carbonyl (C=O) groups is 1. The van der Waals surface area contributed by atoms with E-state index >= 15 is 0 Å². The third kappa shape index (κ3) is 4.67. The zero-order valence-electron chi connectivity index (χ0n) is 11.5. The fourth-order valence-corrected chi connectivity index (χ4v) is 2.69. The van der Waals surface area contributed by atoms with E-state index in [9.17, 15) is 4.79 Å². The molecule has 1 aliphatic carbocycles. The molecule has 104 valence electrons. The highest BCUT2D eigenvalue weighted by atomic mass is 16.2. The monoisotopic (exact) mass is 260 g/mol. The van der Waals surface area contributed by atoms with Crippen LogP contribution in [0.4, 0.5) is 0 Å². The number of rotatable bonds is 6. The van der Waals surface area contributed by atoms with Gasteiger partial charge < -0.3 is 11.1 Å². The molecule has 2 rings (SSSR count). The Balaban J connectivity index is 1.67. The van der Waals surface area contributed by atoms with Crippen molar-refractivity contribution >= 4 is 5.91 Å². The van der Waals surface area contributed by atoms with Gasteiger partial charge in [-0.1, -0.05) is 43.2 Å². The Kier molecular flexibility index (Phi) is 5.40. The first-order valence-corrected chi connectivity index (χ1v) is 7.33. The smallest absolute Gasteiger partial charge is 0.236 e. The Bertz CT molecular complexity index is 385. The largest absolute Gasteiger partial charge is 0.354 e. The van der Waals surface area contributed by atoms with Gasteiger partial charge in [0.2, 0.25) is 5.91 Å². The highest BCUT2D eigenvalue weighted by molar-refractivity contribution is 5.81.